The zero-order chi connectivity index (χ0) is 16.7. The van der Waals surface area contributed by atoms with Gasteiger partial charge in [0.2, 0.25) is 4.80 Å². The molecule has 4 aromatic rings. The van der Waals surface area contributed by atoms with Crippen LogP contribution in [-0.4, -0.2) is 13.0 Å². The van der Waals surface area contributed by atoms with Crippen molar-refractivity contribution in [3.8, 4) is 0 Å². The number of rotatable bonds is 3. The normalized spacial score (nSPS) is 13.1. The van der Waals surface area contributed by atoms with Crippen LogP contribution in [-0.2, 0) is 16.6 Å². The number of sulfonamides is 1. The molecule has 2 heterocycles. The highest BCUT2D eigenvalue weighted by molar-refractivity contribution is 7.92. The largest absolute Gasteiger partial charge is 0.316 e. The van der Waals surface area contributed by atoms with Crippen LogP contribution >= 0.6 is 22.7 Å². The minimum absolute atomic E-state index is 0.271. The molecule has 4 nitrogen and oxygen atoms in total. The number of aromatic nitrogens is 1. The molecule has 0 fully saturated rings. The number of thiazole rings is 1. The van der Waals surface area contributed by atoms with Gasteiger partial charge in [-0.15, -0.1) is 15.7 Å². The maximum Gasteiger partial charge on any atom is 0.294 e. The van der Waals surface area contributed by atoms with Crippen LogP contribution in [0.5, 0.6) is 0 Å². The van der Waals surface area contributed by atoms with Crippen molar-refractivity contribution < 1.29 is 8.42 Å². The molecule has 0 unspecified atom stereocenters. The molecular weight excluding hydrogens is 360 g/mol. The first-order chi connectivity index (χ1) is 11.6. The molecule has 0 saturated heterocycles. The predicted molar refractivity (Wildman–Crippen MR) is 100 cm³/mol. The van der Waals surface area contributed by atoms with Crippen molar-refractivity contribution >= 4 is 53.7 Å². The number of benzene rings is 2. The zero-order valence-electron chi connectivity index (χ0n) is 12.8. The van der Waals surface area contributed by atoms with Gasteiger partial charge >= 0.3 is 0 Å². The van der Waals surface area contributed by atoms with Gasteiger partial charge in [-0.1, -0.05) is 47.7 Å². The van der Waals surface area contributed by atoms with Crippen molar-refractivity contribution in [2.45, 2.75) is 17.7 Å². The van der Waals surface area contributed by atoms with Crippen LogP contribution in [0.2, 0.25) is 0 Å². The summed E-state index contributed by atoms with van der Waals surface area (Å²) < 4.78 is 32.4. The molecular formula is C17H14N2O2S3. The fraction of sp³-hybridized carbons (Fsp3) is 0.118. The minimum atomic E-state index is -3.67. The number of fused-ring (bicyclic) bond motifs is 3. The summed E-state index contributed by atoms with van der Waals surface area (Å²) in [5, 5.41) is 4.01. The predicted octanol–water partition coefficient (Wildman–Crippen LogP) is 4.23. The summed E-state index contributed by atoms with van der Waals surface area (Å²) >= 11 is 2.61. The fourth-order valence-electron chi connectivity index (χ4n) is 2.73. The summed E-state index contributed by atoms with van der Waals surface area (Å²) in [5.74, 6) is 0. The van der Waals surface area contributed by atoms with Crippen LogP contribution in [0.3, 0.4) is 0 Å². The highest BCUT2D eigenvalue weighted by Crippen LogP contribution is 2.28. The Labute approximate surface area is 147 Å². The van der Waals surface area contributed by atoms with Gasteiger partial charge in [0, 0.05) is 11.9 Å². The maximum absolute atomic E-state index is 12.5. The first-order valence-corrected chi connectivity index (χ1v) is 10.6. The highest BCUT2D eigenvalue weighted by atomic mass is 32.2. The first kappa shape index (κ1) is 15.6. The molecule has 0 radical (unpaired) electrons. The quantitative estimate of drug-likeness (QED) is 0.539. The first-order valence-electron chi connectivity index (χ1n) is 7.46. The summed E-state index contributed by atoms with van der Waals surface area (Å²) in [5.41, 5.74) is 1.02. The van der Waals surface area contributed by atoms with Gasteiger partial charge < -0.3 is 4.57 Å². The van der Waals surface area contributed by atoms with Crippen molar-refractivity contribution in [3.63, 3.8) is 0 Å². The van der Waals surface area contributed by atoms with E-state index in [2.05, 4.69) is 22.6 Å². The summed E-state index contributed by atoms with van der Waals surface area (Å²) in [6.45, 7) is 2.66. The second-order valence-electron chi connectivity index (χ2n) is 5.26. The minimum Gasteiger partial charge on any atom is -0.316 e. The molecule has 24 heavy (non-hydrogen) atoms. The van der Waals surface area contributed by atoms with E-state index in [1.807, 2.05) is 29.7 Å². The second kappa shape index (κ2) is 5.84. The van der Waals surface area contributed by atoms with Gasteiger partial charge in [-0.3, -0.25) is 0 Å². The van der Waals surface area contributed by atoms with Gasteiger partial charge in [0.15, 0.2) is 0 Å². The van der Waals surface area contributed by atoms with Crippen molar-refractivity contribution in [1.29, 1.82) is 0 Å². The van der Waals surface area contributed by atoms with Gasteiger partial charge in [-0.05, 0) is 29.8 Å². The van der Waals surface area contributed by atoms with Crippen molar-refractivity contribution in [2.75, 3.05) is 0 Å². The molecule has 0 atom stereocenters. The summed E-state index contributed by atoms with van der Waals surface area (Å²) in [6.07, 6.45) is 0. The van der Waals surface area contributed by atoms with E-state index in [1.165, 1.54) is 22.7 Å². The Morgan fingerprint density at radius 1 is 1.08 bits per heavy atom. The van der Waals surface area contributed by atoms with Crippen LogP contribution in [0, 0.1) is 0 Å². The van der Waals surface area contributed by atoms with Crippen LogP contribution in [0.1, 0.15) is 6.92 Å². The van der Waals surface area contributed by atoms with Gasteiger partial charge in [0.25, 0.3) is 10.0 Å². The van der Waals surface area contributed by atoms with Gasteiger partial charge in [0.1, 0.15) is 4.21 Å². The van der Waals surface area contributed by atoms with E-state index in [0.717, 1.165) is 21.0 Å². The average Bonchev–Trinajstić information content (AvgIpc) is 3.22. The molecule has 0 N–H and O–H groups in total. The molecule has 0 aliphatic heterocycles. The standard InChI is InChI=1S/C17H14N2O2S3/c1-2-19-14-10-9-12-6-3-4-7-13(12)16(14)23-17(19)18-24(20,21)15-8-5-11-22-15/h3-11H,2H2,1H3/b18-17+. The molecule has 4 rings (SSSR count). The molecule has 0 saturated carbocycles. The third-order valence-corrected chi connectivity index (χ3v) is 7.72. The third-order valence-electron chi connectivity index (χ3n) is 3.84. The van der Waals surface area contributed by atoms with E-state index in [0.29, 0.717) is 11.3 Å². The number of thiophene rings is 1. The topological polar surface area (TPSA) is 51.4 Å². The van der Waals surface area contributed by atoms with Crippen LogP contribution < -0.4 is 4.80 Å². The van der Waals surface area contributed by atoms with Gasteiger partial charge in [-0.25, -0.2) is 0 Å². The van der Waals surface area contributed by atoms with Crippen molar-refractivity contribution in [1.82, 2.24) is 4.57 Å². The lowest BCUT2D eigenvalue weighted by atomic mass is 10.1. The van der Waals surface area contributed by atoms with E-state index in [1.54, 1.807) is 17.5 Å². The summed E-state index contributed by atoms with van der Waals surface area (Å²) in [4.78, 5) is 0.511. The van der Waals surface area contributed by atoms with E-state index in [9.17, 15) is 8.42 Å². The number of hydrogen-bond acceptors (Lipinski definition) is 4. The molecule has 2 aromatic heterocycles. The monoisotopic (exact) mass is 374 g/mol. The molecule has 7 heteroatoms. The Balaban J connectivity index is 2.06. The van der Waals surface area contributed by atoms with Crippen LogP contribution in [0.4, 0.5) is 0 Å². The lowest BCUT2D eigenvalue weighted by Gasteiger charge is -2.02. The molecule has 0 aliphatic carbocycles. The lowest BCUT2D eigenvalue weighted by Crippen LogP contribution is -2.15. The van der Waals surface area contributed by atoms with Crippen molar-refractivity contribution in [3.05, 3.63) is 58.7 Å². The smallest absolute Gasteiger partial charge is 0.294 e. The lowest BCUT2D eigenvalue weighted by molar-refractivity contribution is 0.597. The molecule has 122 valence electrons. The number of nitrogens with zero attached hydrogens (tertiary/aromatic N) is 2. The highest BCUT2D eigenvalue weighted by Gasteiger charge is 2.16. The van der Waals surface area contributed by atoms with Crippen LogP contribution in [0.25, 0.3) is 21.0 Å². The molecule has 0 aliphatic rings. The molecule has 0 spiro atoms. The van der Waals surface area contributed by atoms with Gasteiger partial charge in [0.05, 0.1) is 10.2 Å². The third kappa shape index (κ3) is 2.49. The maximum atomic E-state index is 12.5. The average molecular weight is 375 g/mol. The van der Waals surface area contributed by atoms with E-state index >= 15 is 0 Å². The fourth-order valence-corrected chi connectivity index (χ4v) is 6.13. The Morgan fingerprint density at radius 2 is 1.92 bits per heavy atom. The Morgan fingerprint density at radius 3 is 2.67 bits per heavy atom. The van der Waals surface area contributed by atoms with E-state index in [4.69, 9.17) is 0 Å². The Bertz CT molecular complexity index is 1200. The van der Waals surface area contributed by atoms with E-state index < -0.39 is 10.0 Å². The molecule has 0 bridgehead atoms. The molecule has 0 amide bonds. The summed E-state index contributed by atoms with van der Waals surface area (Å²) in [6, 6.07) is 15.5. The van der Waals surface area contributed by atoms with Gasteiger partial charge in [-0.2, -0.15) is 8.42 Å². The Hall–Kier alpha value is -1.96. The van der Waals surface area contributed by atoms with Crippen LogP contribution in [0.15, 0.2) is 62.5 Å². The zero-order valence-corrected chi connectivity index (χ0v) is 15.3. The Kier molecular flexibility index (Phi) is 3.79. The van der Waals surface area contributed by atoms with E-state index in [-0.39, 0.29) is 4.21 Å². The SMILES string of the molecule is CCn1/c(=N\S(=O)(=O)c2cccs2)sc2c3ccccc3ccc21. The summed E-state index contributed by atoms with van der Waals surface area (Å²) in [7, 11) is -3.67. The number of hydrogen-bond donors (Lipinski definition) is 0. The van der Waals surface area contributed by atoms with Crippen molar-refractivity contribution in [2.24, 2.45) is 4.40 Å². The number of aryl methyl sites for hydroxylation is 1. The molecule has 2 aromatic carbocycles. The second-order valence-corrected chi connectivity index (χ2v) is 9.02.